The number of hydrogen-bond donors (Lipinski definition) is 1. The lowest BCUT2D eigenvalue weighted by Gasteiger charge is -2.09. The summed E-state index contributed by atoms with van der Waals surface area (Å²) >= 11 is 1.94. The van der Waals surface area contributed by atoms with Crippen LogP contribution in [0.5, 0.6) is 0 Å². The van der Waals surface area contributed by atoms with Gasteiger partial charge in [0.05, 0.1) is 0 Å². The van der Waals surface area contributed by atoms with Gasteiger partial charge in [-0.15, -0.1) is 0 Å². The molecular formula is C17H36O2S. The largest absolute Gasteiger partial charge is 0.368 e. The van der Waals surface area contributed by atoms with Crippen LogP contribution in [0.4, 0.5) is 0 Å². The lowest BCUT2D eigenvalue weighted by Crippen LogP contribution is -2.12. The summed E-state index contributed by atoms with van der Waals surface area (Å²) in [4.78, 5) is 0. The van der Waals surface area contributed by atoms with E-state index in [-0.39, 0.29) is 0 Å². The van der Waals surface area contributed by atoms with Crippen LogP contribution in [0, 0.1) is 0 Å². The molecule has 0 aliphatic heterocycles. The van der Waals surface area contributed by atoms with Crippen LogP contribution in [0.25, 0.3) is 0 Å². The zero-order valence-electron chi connectivity index (χ0n) is 13.7. The molecule has 1 unspecified atom stereocenters. The standard InChI is InChI=1S/C17H36O2S/c1-3-5-6-7-8-9-10-11-12-13-15-20-16-14-17(18)19-4-2/h17-18H,3-16H2,1-2H3. The molecule has 0 radical (unpaired) electrons. The first-order valence-electron chi connectivity index (χ1n) is 8.68. The number of hydrogen-bond acceptors (Lipinski definition) is 3. The van der Waals surface area contributed by atoms with E-state index in [9.17, 15) is 5.11 Å². The maximum absolute atomic E-state index is 9.39. The Hall–Kier alpha value is 0.270. The Morgan fingerprint density at radius 3 is 1.90 bits per heavy atom. The van der Waals surface area contributed by atoms with Gasteiger partial charge >= 0.3 is 0 Å². The highest BCUT2D eigenvalue weighted by Gasteiger charge is 2.01. The van der Waals surface area contributed by atoms with Gasteiger partial charge < -0.3 is 9.84 Å². The summed E-state index contributed by atoms with van der Waals surface area (Å²) in [6.07, 6.45) is 14.2. The predicted octanol–water partition coefficient (Wildman–Crippen LogP) is 5.39. The molecule has 0 rings (SSSR count). The minimum Gasteiger partial charge on any atom is -0.368 e. The van der Waals surface area contributed by atoms with Crippen molar-refractivity contribution in [3.63, 3.8) is 0 Å². The minimum atomic E-state index is -0.555. The van der Waals surface area contributed by atoms with Crippen LogP contribution in [0.2, 0.25) is 0 Å². The summed E-state index contributed by atoms with van der Waals surface area (Å²) in [5.41, 5.74) is 0. The second-order valence-electron chi connectivity index (χ2n) is 5.49. The van der Waals surface area contributed by atoms with Crippen LogP contribution in [0.3, 0.4) is 0 Å². The molecule has 3 heteroatoms. The van der Waals surface area contributed by atoms with E-state index in [1.807, 2.05) is 18.7 Å². The summed E-state index contributed by atoms with van der Waals surface area (Å²) in [5.74, 6) is 2.24. The van der Waals surface area contributed by atoms with Gasteiger partial charge in [0, 0.05) is 13.0 Å². The average Bonchev–Trinajstić information content (AvgIpc) is 2.44. The second kappa shape index (κ2) is 17.3. The molecular weight excluding hydrogens is 268 g/mol. The maximum Gasteiger partial charge on any atom is 0.155 e. The molecule has 0 saturated carbocycles. The van der Waals surface area contributed by atoms with Gasteiger partial charge in [0.25, 0.3) is 0 Å². The fourth-order valence-electron chi connectivity index (χ4n) is 2.25. The first-order chi connectivity index (χ1) is 9.81. The Morgan fingerprint density at radius 1 is 0.800 bits per heavy atom. The monoisotopic (exact) mass is 304 g/mol. The molecule has 20 heavy (non-hydrogen) atoms. The number of unbranched alkanes of at least 4 members (excludes halogenated alkanes) is 9. The van der Waals surface area contributed by atoms with Gasteiger partial charge in [-0.25, -0.2) is 0 Å². The smallest absolute Gasteiger partial charge is 0.155 e. The van der Waals surface area contributed by atoms with E-state index in [0.717, 1.165) is 12.2 Å². The van der Waals surface area contributed by atoms with Crippen molar-refractivity contribution < 1.29 is 9.84 Å². The van der Waals surface area contributed by atoms with Crippen LogP contribution in [-0.4, -0.2) is 29.5 Å². The highest BCUT2D eigenvalue weighted by molar-refractivity contribution is 7.99. The Kier molecular flexibility index (Phi) is 17.6. The molecule has 0 spiro atoms. The summed E-state index contributed by atoms with van der Waals surface area (Å²) in [7, 11) is 0. The molecule has 0 heterocycles. The number of aliphatic hydroxyl groups excluding tert-OH is 1. The fourth-order valence-corrected chi connectivity index (χ4v) is 3.23. The molecule has 0 aromatic carbocycles. The van der Waals surface area contributed by atoms with Gasteiger partial charge in [0.15, 0.2) is 6.29 Å². The Bertz CT molecular complexity index is 176. The molecule has 1 N–H and O–H groups in total. The molecule has 0 saturated heterocycles. The number of aliphatic hydroxyl groups is 1. The molecule has 0 aromatic rings. The average molecular weight is 305 g/mol. The first-order valence-corrected chi connectivity index (χ1v) is 9.84. The van der Waals surface area contributed by atoms with Crippen molar-refractivity contribution in [1.29, 1.82) is 0 Å². The quantitative estimate of drug-likeness (QED) is 0.306. The highest BCUT2D eigenvalue weighted by atomic mass is 32.2. The topological polar surface area (TPSA) is 29.5 Å². The fraction of sp³-hybridized carbons (Fsp3) is 1.00. The van der Waals surface area contributed by atoms with Crippen molar-refractivity contribution in [3.05, 3.63) is 0 Å². The SMILES string of the molecule is CCCCCCCCCCCCSCCC(O)OCC. The van der Waals surface area contributed by atoms with Crippen molar-refractivity contribution in [2.45, 2.75) is 90.8 Å². The molecule has 1 atom stereocenters. The Labute approximate surface area is 131 Å². The molecule has 2 nitrogen and oxygen atoms in total. The van der Waals surface area contributed by atoms with Crippen molar-refractivity contribution in [2.24, 2.45) is 0 Å². The third-order valence-corrected chi connectivity index (χ3v) is 4.61. The molecule has 122 valence electrons. The minimum absolute atomic E-state index is 0.555. The molecule has 0 aliphatic carbocycles. The summed E-state index contributed by atoms with van der Waals surface area (Å²) in [6.45, 7) is 4.79. The molecule has 0 aliphatic rings. The van der Waals surface area contributed by atoms with Gasteiger partial charge in [-0.1, -0.05) is 64.7 Å². The zero-order chi connectivity index (χ0) is 14.9. The van der Waals surface area contributed by atoms with Crippen LogP contribution in [0.15, 0.2) is 0 Å². The number of thioether (sulfide) groups is 1. The number of rotatable bonds is 16. The molecule has 0 amide bonds. The van der Waals surface area contributed by atoms with E-state index in [4.69, 9.17) is 4.74 Å². The number of ether oxygens (including phenoxy) is 1. The molecule has 0 fully saturated rings. The van der Waals surface area contributed by atoms with Crippen LogP contribution < -0.4 is 0 Å². The van der Waals surface area contributed by atoms with Crippen molar-refractivity contribution in [3.8, 4) is 0 Å². The van der Waals surface area contributed by atoms with Crippen molar-refractivity contribution >= 4 is 11.8 Å². The third kappa shape index (κ3) is 16.3. The van der Waals surface area contributed by atoms with Gasteiger partial charge in [0.1, 0.15) is 0 Å². The predicted molar refractivity (Wildman–Crippen MR) is 91.4 cm³/mol. The lowest BCUT2D eigenvalue weighted by molar-refractivity contribution is -0.0946. The van der Waals surface area contributed by atoms with Crippen LogP contribution >= 0.6 is 11.8 Å². The highest BCUT2D eigenvalue weighted by Crippen LogP contribution is 2.13. The third-order valence-electron chi connectivity index (χ3n) is 3.51. The first kappa shape index (κ1) is 20.3. The zero-order valence-corrected chi connectivity index (χ0v) is 14.6. The Balaban J connectivity index is 2.99. The van der Waals surface area contributed by atoms with Gasteiger partial charge in [-0.3, -0.25) is 0 Å². The second-order valence-corrected chi connectivity index (χ2v) is 6.72. The van der Waals surface area contributed by atoms with Crippen LogP contribution in [0.1, 0.15) is 84.5 Å². The normalized spacial score (nSPS) is 12.8. The van der Waals surface area contributed by atoms with Crippen molar-refractivity contribution in [1.82, 2.24) is 0 Å². The summed E-state index contributed by atoms with van der Waals surface area (Å²) in [5, 5.41) is 9.39. The van der Waals surface area contributed by atoms with E-state index in [1.54, 1.807) is 0 Å². The van der Waals surface area contributed by atoms with E-state index < -0.39 is 6.29 Å². The summed E-state index contributed by atoms with van der Waals surface area (Å²) in [6, 6.07) is 0. The van der Waals surface area contributed by atoms with Gasteiger partial charge in [-0.2, -0.15) is 11.8 Å². The van der Waals surface area contributed by atoms with E-state index in [2.05, 4.69) is 6.92 Å². The van der Waals surface area contributed by atoms with Crippen LogP contribution in [-0.2, 0) is 4.74 Å². The lowest BCUT2D eigenvalue weighted by atomic mass is 10.1. The van der Waals surface area contributed by atoms with Gasteiger partial charge in [-0.05, 0) is 24.9 Å². The van der Waals surface area contributed by atoms with Gasteiger partial charge in [0.2, 0.25) is 0 Å². The summed E-state index contributed by atoms with van der Waals surface area (Å²) < 4.78 is 5.09. The molecule has 0 aromatic heterocycles. The van der Waals surface area contributed by atoms with E-state index >= 15 is 0 Å². The van der Waals surface area contributed by atoms with E-state index in [0.29, 0.717) is 6.61 Å². The molecule has 0 bridgehead atoms. The van der Waals surface area contributed by atoms with Crippen molar-refractivity contribution in [2.75, 3.05) is 18.1 Å². The van der Waals surface area contributed by atoms with E-state index in [1.165, 1.54) is 70.0 Å². The maximum atomic E-state index is 9.39. The Morgan fingerprint density at radius 2 is 1.35 bits per heavy atom.